The second-order valence-corrected chi connectivity index (χ2v) is 8.84. The molecule has 142 valence electrons. The molecule has 0 radical (unpaired) electrons. The van der Waals surface area contributed by atoms with Crippen LogP contribution in [0.5, 0.6) is 0 Å². The molecule has 0 fully saturated rings. The lowest BCUT2D eigenvalue weighted by Gasteiger charge is -2.05. The van der Waals surface area contributed by atoms with Gasteiger partial charge in [-0.15, -0.1) is 11.3 Å². The number of rotatable bonds is 3. The van der Waals surface area contributed by atoms with Crippen molar-refractivity contribution in [1.29, 1.82) is 0 Å². The van der Waals surface area contributed by atoms with Crippen LogP contribution in [0.15, 0.2) is 28.9 Å². The lowest BCUT2D eigenvalue weighted by Crippen LogP contribution is -2.09. The first-order chi connectivity index (χ1) is 12.6. The summed E-state index contributed by atoms with van der Waals surface area (Å²) in [5.74, 6) is 0.0157. The average molecular weight is 415 g/mol. The number of pyridine rings is 1. The van der Waals surface area contributed by atoms with Crippen molar-refractivity contribution in [2.24, 2.45) is 7.05 Å². The number of hydrogen-bond donors (Lipinski definition) is 0. The van der Waals surface area contributed by atoms with Crippen molar-refractivity contribution in [3.05, 3.63) is 29.5 Å². The van der Waals surface area contributed by atoms with E-state index in [2.05, 4.69) is 15.0 Å². The highest BCUT2D eigenvalue weighted by molar-refractivity contribution is 7.91. The lowest BCUT2D eigenvalue weighted by molar-refractivity contribution is -0.141. The van der Waals surface area contributed by atoms with Gasteiger partial charge in [-0.2, -0.15) is 13.2 Å². The third kappa shape index (κ3) is 2.70. The predicted octanol–water partition coefficient (Wildman–Crippen LogP) is 3.16. The number of sulfone groups is 1. The Bertz CT molecular complexity index is 1280. The highest BCUT2D eigenvalue weighted by Crippen LogP contribution is 2.33. The van der Waals surface area contributed by atoms with Crippen LogP contribution in [-0.4, -0.2) is 38.1 Å². The normalized spacial score (nSPS) is 13.1. The maximum Gasteiger partial charge on any atom is 0.433 e. The van der Waals surface area contributed by atoms with Gasteiger partial charge in [-0.25, -0.2) is 23.4 Å². The molecule has 0 aliphatic rings. The minimum absolute atomic E-state index is 0.0244. The molecule has 0 spiro atoms. The Kier molecular flexibility index (Phi) is 3.82. The fourth-order valence-electron chi connectivity index (χ4n) is 2.80. The number of nitrogens with zero attached hydrogens (tertiary/aromatic N) is 5. The van der Waals surface area contributed by atoms with E-state index in [0.717, 1.165) is 12.3 Å². The summed E-state index contributed by atoms with van der Waals surface area (Å²) in [5, 5.41) is 1.68. The Balaban J connectivity index is 2.02. The van der Waals surface area contributed by atoms with Gasteiger partial charge in [0.2, 0.25) is 0 Å². The highest BCUT2D eigenvalue weighted by Gasteiger charge is 2.34. The van der Waals surface area contributed by atoms with E-state index in [0.29, 0.717) is 10.5 Å². The molecular weight excluding hydrogens is 403 g/mol. The van der Waals surface area contributed by atoms with E-state index >= 15 is 0 Å². The molecule has 4 rings (SSSR count). The van der Waals surface area contributed by atoms with Crippen LogP contribution in [0, 0.1) is 0 Å². The maximum atomic E-state index is 12.9. The van der Waals surface area contributed by atoms with Crippen molar-refractivity contribution < 1.29 is 21.6 Å². The predicted molar refractivity (Wildman–Crippen MR) is 93.3 cm³/mol. The number of fused-ring (bicyclic) bond motifs is 2. The van der Waals surface area contributed by atoms with Gasteiger partial charge in [-0.05, 0) is 6.07 Å². The molecule has 0 saturated heterocycles. The van der Waals surface area contributed by atoms with Crippen LogP contribution in [0.25, 0.3) is 27.5 Å². The molecule has 27 heavy (non-hydrogen) atoms. The lowest BCUT2D eigenvalue weighted by atomic mass is 10.3. The summed E-state index contributed by atoms with van der Waals surface area (Å²) in [6.45, 7) is 1.51. The summed E-state index contributed by atoms with van der Waals surface area (Å²) in [6.07, 6.45) is -1.94. The third-order valence-electron chi connectivity index (χ3n) is 4.16. The number of imidazole rings is 2. The fraction of sp³-hybridized carbons (Fsp3) is 0.267. The van der Waals surface area contributed by atoms with Crippen molar-refractivity contribution in [2.45, 2.75) is 18.1 Å². The Morgan fingerprint density at radius 2 is 2.00 bits per heavy atom. The molecular formula is C15H12F3N5O2S2. The van der Waals surface area contributed by atoms with E-state index in [1.165, 1.54) is 27.2 Å². The molecule has 7 nitrogen and oxygen atoms in total. The van der Waals surface area contributed by atoms with Crippen molar-refractivity contribution in [2.75, 3.05) is 5.75 Å². The van der Waals surface area contributed by atoms with Crippen LogP contribution in [0.4, 0.5) is 13.2 Å². The molecule has 4 aromatic rings. The molecule has 0 saturated carbocycles. The molecule has 12 heteroatoms. The Morgan fingerprint density at radius 1 is 1.26 bits per heavy atom. The summed E-state index contributed by atoms with van der Waals surface area (Å²) in [6, 6.07) is 0.839. The fourth-order valence-corrected chi connectivity index (χ4v) is 4.72. The topological polar surface area (TPSA) is 82.1 Å². The van der Waals surface area contributed by atoms with Gasteiger partial charge < -0.3 is 4.57 Å². The van der Waals surface area contributed by atoms with Crippen molar-refractivity contribution in [3.8, 4) is 11.5 Å². The number of halogens is 3. The molecule has 0 bridgehead atoms. The van der Waals surface area contributed by atoms with Crippen molar-refractivity contribution >= 4 is 37.2 Å². The summed E-state index contributed by atoms with van der Waals surface area (Å²) >= 11 is 1.25. The first-order valence-corrected chi connectivity index (χ1v) is 10.2. The minimum Gasteiger partial charge on any atom is -0.324 e. The largest absolute Gasteiger partial charge is 0.433 e. The van der Waals surface area contributed by atoms with Crippen molar-refractivity contribution in [1.82, 2.24) is 23.9 Å². The van der Waals surface area contributed by atoms with Gasteiger partial charge in [-0.3, -0.25) is 4.40 Å². The second-order valence-electron chi connectivity index (χ2n) is 5.78. The van der Waals surface area contributed by atoms with Gasteiger partial charge in [0.1, 0.15) is 11.4 Å². The standard InChI is InChI=1S/C15H12F3N5O2S2/c1-3-27(24,25)13-11(21-14-23(13)4-5-26-14)12-20-8-6-10(15(16,17)18)19-7-9(8)22(12)2/h4-7H,3H2,1-2H3. The number of thiazole rings is 1. The highest BCUT2D eigenvalue weighted by atomic mass is 32.2. The zero-order valence-electron chi connectivity index (χ0n) is 14.0. The van der Waals surface area contributed by atoms with Gasteiger partial charge >= 0.3 is 6.18 Å². The Labute approximate surface area is 155 Å². The van der Waals surface area contributed by atoms with Crippen LogP contribution in [0.2, 0.25) is 0 Å². The molecule has 4 aromatic heterocycles. The number of alkyl halides is 3. The van der Waals surface area contributed by atoms with Gasteiger partial charge in [0.15, 0.2) is 25.6 Å². The summed E-state index contributed by atoms with van der Waals surface area (Å²) in [5.41, 5.74) is -0.553. The summed E-state index contributed by atoms with van der Waals surface area (Å²) < 4.78 is 67.0. The molecule has 0 unspecified atom stereocenters. The monoisotopic (exact) mass is 415 g/mol. The number of hydrogen-bond acceptors (Lipinski definition) is 6. The average Bonchev–Trinajstić information content (AvgIpc) is 3.26. The van der Waals surface area contributed by atoms with E-state index in [1.54, 1.807) is 18.6 Å². The summed E-state index contributed by atoms with van der Waals surface area (Å²) in [7, 11) is -2.08. The molecule has 0 aromatic carbocycles. The SMILES string of the molecule is CCS(=O)(=O)c1c(-c2nc3cc(C(F)(F)F)ncc3n2C)nc2sccn12. The van der Waals surface area contributed by atoms with E-state index in [4.69, 9.17) is 0 Å². The van der Waals surface area contributed by atoms with Crippen LogP contribution in [0.1, 0.15) is 12.6 Å². The van der Waals surface area contributed by atoms with Crippen LogP contribution in [0.3, 0.4) is 0 Å². The minimum atomic E-state index is -4.60. The van der Waals surface area contributed by atoms with Gasteiger partial charge in [0.05, 0.1) is 23.0 Å². The zero-order chi connectivity index (χ0) is 19.6. The molecule has 0 aliphatic heterocycles. The Hall–Kier alpha value is -2.47. The smallest absolute Gasteiger partial charge is 0.324 e. The van der Waals surface area contributed by atoms with E-state index in [-0.39, 0.29) is 27.8 Å². The first-order valence-electron chi connectivity index (χ1n) is 7.72. The number of aromatic nitrogens is 5. The summed E-state index contributed by atoms with van der Waals surface area (Å²) in [4.78, 5) is 12.5. The van der Waals surface area contributed by atoms with Crippen LogP contribution in [-0.2, 0) is 23.1 Å². The van der Waals surface area contributed by atoms with E-state index < -0.39 is 21.7 Å². The second kappa shape index (κ2) is 5.76. The van der Waals surface area contributed by atoms with Crippen LogP contribution >= 0.6 is 11.3 Å². The molecule has 0 N–H and O–H groups in total. The van der Waals surface area contributed by atoms with Crippen LogP contribution < -0.4 is 0 Å². The zero-order valence-corrected chi connectivity index (χ0v) is 15.7. The Morgan fingerprint density at radius 3 is 2.67 bits per heavy atom. The van der Waals surface area contributed by atoms with E-state index in [1.807, 2.05) is 0 Å². The molecule has 0 aliphatic carbocycles. The number of aryl methyl sites for hydroxylation is 1. The van der Waals surface area contributed by atoms with Crippen molar-refractivity contribution in [3.63, 3.8) is 0 Å². The maximum absolute atomic E-state index is 12.9. The van der Waals surface area contributed by atoms with Gasteiger partial charge in [0.25, 0.3) is 0 Å². The quantitative estimate of drug-likeness (QED) is 0.513. The van der Waals surface area contributed by atoms with Gasteiger partial charge in [0, 0.05) is 18.6 Å². The molecule has 4 heterocycles. The van der Waals surface area contributed by atoms with Gasteiger partial charge in [-0.1, -0.05) is 6.92 Å². The first kappa shape index (κ1) is 17.9. The third-order valence-corrected chi connectivity index (χ3v) is 6.66. The molecule has 0 amide bonds. The molecule has 0 atom stereocenters. The van der Waals surface area contributed by atoms with E-state index in [9.17, 15) is 21.6 Å².